The zero-order valence-electron chi connectivity index (χ0n) is 25.4. The maximum absolute atomic E-state index is 6.73. The van der Waals surface area contributed by atoms with Crippen LogP contribution in [0.2, 0.25) is 0 Å². The summed E-state index contributed by atoms with van der Waals surface area (Å²) < 4.78 is 6.73. The van der Waals surface area contributed by atoms with Crippen molar-refractivity contribution in [2.75, 3.05) is 4.90 Å². The first-order chi connectivity index (χ1) is 22.8. The molecule has 0 amide bonds. The van der Waals surface area contributed by atoms with Gasteiger partial charge in [0.05, 0.1) is 5.69 Å². The van der Waals surface area contributed by atoms with Gasteiger partial charge in [-0.3, -0.25) is 0 Å². The maximum atomic E-state index is 6.73. The predicted octanol–water partition coefficient (Wildman–Crippen LogP) is 12.5. The zero-order chi connectivity index (χ0) is 30.5. The summed E-state index contributed by atoms with van der Waals surface area (Å²) >= 11 is 0. The Kier molecular flexibility index (Phi) is 6.31. The van der Waals surface area contributed by atoms with Crippen LogP contribution in [0.25, 0.3) is 60.2 Å². The first-order valence-electron chi connectivity index (χ1n) is 16.0. The number of rotatable bonds is 5. The molecule has 2 nitrogen and oxygen atoms in total. The van der Waals surface area contributed by atoms with Gasteiger partial charge in [-0.15, -0.1) is 0 Å². The number of hydrogen-bond acceptors (Lipinski definition) is 2. The van der Waals surface area contributed by atoms with Crippen LogP contribution in [0.4, 0.5) is 11.4 Å². The molecule has 0 unspecified atom stereocenters. The van der Waals surface area contributed by atoms with Crippen molar-refractivity contribution in [3.8, 4) is 11.1 Å². The standard InChI is InChI=1S/C44H31NO/c1-2-12-30(13-3-1)31-24-26-35(27-25-31)45(41-23-10-17-32-14-6-7-18-36(32)41)42-22-9-8-19-37(42)38-20-11-21-39-40-28-33-15-4-5-16-34(33)29-43(40)46-44(38)39/h1-8,10-21,23-29H,9,22H2. The summed E-state index contributed by atoms with van der Waals surface area (Å²) in [5.74, 6) is 0. The largest absolute Gasteiger partial charge is 0.455 e. The van der Waals surface area contributed by atoms with Crippen LogP contribution in [-0.2, 0) is 0 Å². The first-order valence-corrected chi connectivity index (χ1v) is 16.0. The molecule has 9 rings (SSSR count). The zero-order valence-corrected chi connectivity index (χ0v) is 25.4. The van der Waals surface area contributed by atoms with Crippen LogP contribution in [0.3, 0.4) is 0 Å². The molecule has 0 aliphatic heterocycles. The van der Waals surface area contributed by atoms with Crippen molar-refractivity contribution in [3.05, 3.63) is 175 Å². The van der Waals surface area contributed by atoms with Crippen molar-refractivity contribution >= 4 is 60.4 Å². The second kappa shape index (κ2) is 10.9. The molecule has 0 radical (unpaired) electrons. The summed E-state index contributed by atoms with van der Waals surface area (Å²) in [6.07, 6.45) is 6.49. The fraction of sp³-hybridized carbons (Fsp3) is 0.0455. The normalized spacial score (nSPS) is 13.3. The highest BCUT2D eigenvalue weighted by Gasteiger charge is 2.24. The van der Waals surface area contributed by atoms with E-state index >= 15 is 0 Å². The van der Waals surface area contributed by atoms with E-state index in [1.54, 1.807) is 0 Å². The number of para-hydroxylation sites is 1. The molecule has 8 aromatic rings. The van der Waals surface area contributed by atoms with E-state index in [4.69, 9.17) is 4.42 Å². The number of anilines is 2. The predicted molar refractivity (Wildman–Crippen MR) is 194 cm³/mol. The van der Waals surface area contributed by atoms with Gasteiger partial charge in [-0.1, -0.05) is 133 Å². The number of furan rings is 1. The maximum Gasteiger partial charge on any atom is 0.143 e. The Morgan fingerprint density at radius 2 is 1.20 bits per heavy atom. The van der Waals surface area contributed by atoms with Crippen LogP contribution < -0.4 is 4.90 Å². The molecule has 46 heavy (non-hydrogen) atoms. The summed E-state index contributed by atoms with van der Waals surface area (Å²) in [7, 11) is 0. The van der Waals surface area contributed by atoms with Crippen LogP contribution in [-0.4, -0.2) is 0 Å². The molecule has 0 N–H and O–H groups in total. The summed E-state index contributed by atoms with van der Waals surface area (Å²) in [5, 5.41) is 7.17. The monoisotopic (exact) mass is 589 g/mol. The summed E-state index contributed by atoms with van der Waals surface area (Å²) in [6, 6.07) is 54.5. The SMILES string of the molecule is C1=CC(c2cccc3c2oc2cc4ccccc4cc23)=C(N(c2ccc(-c3ccccc3)cc2)c2cccc3ccccc23)CC1. The Hall–Kier alpha value is -5.86. The van der Waals surface area contributed by atoms with Crippen molar-refractivity contribution in [2.24, 2.45) is 0 Å². The minimum Gasteiger partial charge on any atom is -0.455 e. The molecule has 7 aromatic carbocycles. The molecule has 1 heterocycles. The minimum atomic E-state index is 0.913. The quantitative estimate of drug-likeness (QED) is 0.199. The van der Waals surface area contributed by atoms with Crippen molar-refractivity contribution in [1.29, 1.82) is 0 Å². The molecular formula is C44H31NO. The average Bonchev–Trinajstić information content (AvgIpc) is 3.49. The van der Waals surface area contributed by atoms with Gasteiger partial charge in [0.25, 0.3) is 0 Å². The molecule has 0 saturated carbocycles. The van der Waals surface area contributed by atoms with E-state index in [1.165, 1.54) is 49.6 Å². The number of fused-ring (bicyclic) bond motifs is 5. The molecule has 0 spiro atoms. The third kappa shape index (κ3) is 4.42. The summed E-state index contributed by atoms with van der Waals surface area (Å²) in [4.78, 5) is 2.48. The number of allylic oxidation sites excluding steroid dienone is 4. The fourth-order valence-corrected chi connectivity index (χ4v) is 7.10. The van der Waals surface area contributed by atoms with Gasteiger partial charge < -0.3 is 9.32 Å². The topological polar surface area (TPSA) is 16.4 Å². The van der Waals surface area contributed by atoms with Gasteiger partial charge in [0.15, 0.2) is 0 Å². The van der Waals surface area contributed by atoms with Crippen LogP contribution in [0, 0.1) is 0 Å². The lowest BCUT2D eigenvalue weighted by atomic mass is 9.93. The van der Waals surface area contributed by atoms with E-state index < -0.39 is 0 Å². The first kappa shape index (κ1) is 26.5. The molecule has 1 aliphatic carbocycles. The van der Waals surface area contributed by atoms with Gasteiger partial charge in [-0.05, 0) is 70.5 Å². The third-order valence-corrected chi connectivity index (χ3v) is 9.31. The van der Waals surface area contributed by atoms with E-state index in [2.05, 4.69) is 169 Å². The Bertz CT molecular complexity index is 2460. The van der Waals surface area contributed by atoms with Crippen LogP contribution in [0.15, 0.2) is 174 Å². The molecule has 0 bridgehead atoms. The van der Waals surface area contributed by atoms with Gasteiger partial charge >= 0.3 is 0 Å². The lowest BCUT2D eigenvalue weighted by Crippen LogP contribution is -2.19. The highest BCUT2D eigenvalue weighted by atomic mass is 16.3. The Balaban J connectivity index is 1.28. The van der Waals surface area contributed by atoms with Crippen LogP contribution in [0.5, 0.6) is 0 Å². The molecule has 2 heteroatoms. The molecule has 1 aliphatic rings. The molecule has 0 atom stereocenters. The number of benzene rings is 7. The number of hydrogen-bond donors (Lipinski definition) is 0. The molecular weight excluding hydrogens is 558 g/mol. The molecule has 218 valence electrons. The Labute approximate surface area is 268 Å². The van der Waals surface area contributed by atoms with Crippen molar-refractivity contribution < 1.29 is 4.42 Å². The smallest absolute Gasteiger partial charge is 0.143 e. The van der Waals surface area contributed by atoms with Crippen molar-refractivity contribution in [2.45, 2.75) is 12.8 Å². The van der Waals surface area contributed by atoms with Gasteiger partial charge in [-0.2, -0.15) is 0 Å². The van der Waals surface area contributed by atoms with Gasteiger partial charge in [-0.25, -0.2) is 0 Å². The molecule has 0 saturated heterocycles. The van der Waals surface area contributed by atoms with Crippen LogP contribution >= 0.6 is 0 Å². The summed E-state index contributed by atoms with van der Waals surface area (Å²) in [6.45, 7) is 0. The van der Waals surface area contributed by atoms with Gasteiger partial charge in [0.2, 0.25) is 0 Å². The van der Waals surface area contributed by atoms with Crippen molar-refractivity contribution in [1.82, 2.24) is 0 Å². The fourth-order valence-electron chi connectivity index (χ4n) is 7.10. The van der Waals surface area contributed by atoms with Gasteiger partial charge in [0.1, 0.15) is 11.2 Å². The van der Waals surface area contributed by atoms with Crippen molar-refractivity contribution in [3.63, 3.8) is 0 Å². The lowest BCUT2D eigenvalue weighted by molar-refractivity contribution is 0.668. The third-order valence-electron chi connectivity index (χ3n) is 9.31. The molecule has 1 aromatic heterocycles. The van der Waals surface area contributed by atoms with E-state index in [0.29, 0.717) is 0 Å². The molecule has 0 fully saturated rings. The van der Waals surface area contributed by atoms with Gasteiger partial charge in [0, 0.05) is 38.7 Å². The Morgan fingerprint density at radius 3 is 2.04 bits per heavy atom. The minimum absolute atomic E-state index is 0.913. The van der Waals surface area contributed by atoms with Crippen LogP contribution in [0.1, 0.15) is 18.4 Å². The van der Waals surface area contributed by atoms with E-state index in [9.17, 15) is 0 Å². The lowest BCUT2D eigenvalue weighted by Gasteiger charge is -2.32. The van der Waals surface area contributed by atoms with E-state index in [-0.39, 0.29) is 0 Å². The Morgan fingerprint density at radius 1 is 0.522 bits per heavy atom. The van der Waals surface area contributed by atoms with E-state index in [0.717, 1.165) is 46.0 Å². The number of nitrogens with zero attached hydrogens (tertiary/aromatic N) is 1. The highest BCUT2D eigenvalue weighted by Crippen LogP contribution is 2.44. The highest BCUT2D eigenvalue weighted by molar-refractivity contribution is 6.13. The van der Waals surface area contributed by atoms with E-state index in [1.807, 2.05) is 0 Å². The average molecular weight is 590 g/mol. The second-order valence-electron chi connectivity index (χ2n) is 12.0. The second-order valence-corrected chi connectivity index (χ2v) is 12.0. The summed E-state index contributed by atoms with van der Waals surface area (Å²) in [5.41, 5.74) is 10.2.